The molecule has 16 nitrogen and oxygen atoms in total. The maximum absolute atomic E-state index is 13.2. The van der Waals surface area contributed by atoms with Crippen molar-refractivity contribution in [2.45, 2.75) is 83.0 Å². The number of carbonyl (C=O) groups is 3. The molecule has 1 aromatic heterocycles. The number of carbonyl (C=O) groups excluding carboxylic acids is 3. The van der Waals surface area contributed by atoms with Crippen molar-refractivity contribution in [1.29, 1.82) is 0 Å². The topological polar surface area (TPSA) is 233 Å². The molecule has 16 heteroatoms. The van der Waals surface area contributed by atoms with Gasteiger partial charge in [-0.05, 0) is 88.0 Å². The first kappa shape index (κ1) is 40.1. The van der Waals surface area contributed by atoms with Crippen molar-refractivity contribution in [3.63, 3.8) is 0 Å². The van der Waals surface area contributed by atoms with Crippen molar-refractivity contribution < 1.29 is 58.2 Å². The average molecular weight is 768 g/mol. The Bertz CT molecular complexity index is 1880. The Labute approximate surface area is 317 Å². The zero-order valence-corrected chi connectivity index (χ0v) is 30.9. The summed E-state index contributed by atoms with van der Waals surface area (Å²) in [5.74, 6) is -0.125. The van der Waals surface area contributed by atoms with Crippen molar-refractivity contribution in [2.24, 2.45) is 11.3 Å². The van der Waals surface area contributed by atoms with E-state index in [4.69, 9.17) is 23.4 Å². The van der Waals surface area contributed by atoms with E-state index in [0.29, 0.717) is 67.5 Å². The summed E-state index contributed by atoms with van der Waals surface area (Å²) in [6.45, 7) is 5.47. The molecule has 1 aliphatic carbocycles. The molecule has 1 spiro atoms. The van der Waals surface area contributed by atoms with Crippen LogP contribution in [0.2, 0.25) is 0 Å². The number of piperidine rings is 1. The number of aryl methyl sites for hydroxylation is 1. The lowest BCUT2D eigenvalue weighted by Gasteiger charge is -2.39. The molecule has 2 amide bonds. The molecule has 55 heavy (non-hydrogen) atoms. The number of aliphatic hydroxyl groups excluding tert-OH is 5. The molecule has 0 radical (unpaired) electrons. The number of hydrogen-bond acceptors (Lipinski definition) is 14. The second-order valence-corrected chi connectivity index (χ2v) is 14.8. The fraction of sp³-hybridized carbons (Fsp3) is 0.538. The smallest absolute Gasteiger partial charge is 0.494 e. The summed E-state index contributed by atoms with van der Waals surface area (Å²) in [6, 6.07) is 11.9. The molecule has 2 unspecified atom stereocenters. The quantitative estimate of drug-likeness (QED) is 0.111. The van der Waals surface area contributed by atoms with Gasteiger partial charge in [-0.15, -0.1) is 0 Å². The highest BCUT2D eigenvalue weighted by atomic mass is 16.6. The lowest BCUT2D eigenvalue weighted by molar-refractivity contribution is -0.118. The van der Waals surface area contributed by atoms with Gasteiger partial charge in [-0.1, -0.05) is 6.07 Å². The Hall–Kier alpha value is -4.58. The molecule has 2 aliphatic heterocycles. The number of amides is 2. The van der Waals surface area contributed by atoms with Crippen LogP contribution in [0.25, 0.3) is 0 Å². The zero-order valence-electron chi connectivity index (χ0n) is 30.9. The van der Waals surface area contributed by atoms with Crippen LogP contribution in [0.5, 0.6) is 5.75 Å². The molecular weight excluding hydrogens is 718 g/mol. The number of benzene rings is 2. The Morgan fingerprint density at radius 1 is 0.982 bits per heavy atom. The van der Waals surface area contributed by atoms with Gasteiger partial charge >= 0.3 is 11.8 Å². The maximum Gasteiger partial charge on any atom is 0.519 e. The number of ether oxygens (including phenoxy) is 2. The number of esters is 1. The largest absolute Gasteiger partial charge is 0.519 e. The Morgan fingerprint density at radius 2 is 1.67 bits per heavy atom. The third-order valence-corrected chi connectivity index (χ3v) is 10.9. The highest BCUT2D eigenvalue weighted by molar-refractivity contribution is 5.98. The highest BCUT2D eigenvalue weighted by Gasteiger charge is 2.46. The second-order valence-electron chi connectivity index (χ2n) is 14.8. The van der Waals surface area contributed by atoms with Crippen LogP contribution in [0.1, 0.15) is 70.4 Å². The van der Waals surface area contributed by atoms with E-state index in [2.05, 4.69) is 10.2 Å². The van der Waals surface area contributed by atoms with Gasteiger partial charge in [0.1, 0.15) is 41.7 Å². The predicted molar refractivity (Wildman–Crippen MR) is 194 cm³/mol. The molecule has 2 saturated heterocycles. The molecule has 3 fully saturated rings. The number of nitrogens with one attached hydrogen (secondary N) is 1. The summed E-state index contributed by atoms with van der Waals surface area (Å²) in [5, 5.41) is 50.7. The number of rotatable bonds is 16. The van der Waals surface area contributed by atoms with Crippen LogP contribution in [0.15, 0.2) is 56.1 Å². The Morgan fingerprint density at radius 3 is 2.33 bits per heavy atom. The molecule has 3 heterocycles. The second kappa shape index (κ2) is 17.1. The van der Waals surface area contributed by atoms with E-state index in [1.165, 1.54) is 0 Å². The van der Waals surface area contributed by atoms with Gasteiger partial charge in [-0.2, -0.15) is 0 Å². The monoisotopic (exact) mass is 767 g/mol. The van der Waals surface area contributed by atoms with Crippen LogP contribution in [0, 0.1) is 18.3 Å². The van der Waals surface area contributed by atoms with E-state index in [1.54, 1.807) is 48.2 Å². The molecule has 3 aromatic rings. The fourth-order valence-corrected chi connectivity index (χ4v) is 7.35. The van der Waals surface area contributed by atoms with E-state index in [0.717, 1.165) is 31.5 Å². The number of aliphatic hydroxyl groups is 5. The van der Waals surface area contributed by atoms with Crippen LogP contribution in [0.3, 0.4) is 0 Å². The van der Waals surface area contributed by atoms with Gasteiger partial charge in [0.2, 0.25) is 5.91 Å². The van der Waals surface area contributed by atoms with E-state index < -0.39 is 55.3 Å². The van der Waals surface area contributed by atoms with Crippen LogP contribution >= 0.6 is 0 Å². The van der Waals surface area contributed by atoms with Crippen molar-refractivity contribution in [2.75, 3.05) is 44.3 Å². The predicted octanol–water partition coefficient (Wildman–Crippen LogP) is 0.913. The zero-order chi connectivity index (χ0) is 39.4. The van der Waals surface area contributed by atoms with Crippen LogP contribution in [0.4, 0.5) is 5.69 Å². The minimum atomic E-state index is -1.80. The molecule has 3 aliphatic rings. The van der Waals surface area contributed by atoms with Gasteiger partial charge in [0, 0.05) is 55.2 Å². The van der Waals surface area contributed by atoms with Crippen LogP contribution in [-0.2, 0) is 22.5 Å². The van der Waals surface area contributed by atoms with Gasteiger partial charge in [0.15, 0.2) is 0 Å². The van der Waals surface area contributed by atoms with E-state index >= 15 is 0 Å². The number of likely N-dealkylation sites (tertiary alicyclic amines) is 1. The van der Waals surface area contributed by atoms with Crippen molar-refractivity contribution in [1.82, 2.24) is 10.2 Å². The van der Waals surface area contributed by atoms with Crippen molar-refractivity contribution >= 4 is 23.5 Å². The summed E-state index contributed by atoms with van der Waals surface area (Å²) in [5.41, 5.74) is 2.08. The first-order valence-electron chi connectivity index (χ1n) is 18.6. The lowest BCUT2D eigenvalue weighted by Crippen LogP contribution is -2.49. The standard InChI is InChI=1S/C39H49N3O13/c1-3-52-31-14-24(37(50)54-32-16-26(32)15-30-22(2)53-38(51)55-30)4-5-25(31)19-41-12-10-39(11-13-41)17-33(46)42(21-39)27-8-6-23(7-9-27)36(49)40-18-28(44)34(47)35(48)29(45)20-43/h4-9,14,26,28-29,32,34-35,43-45,47-48H,3,10-13,15-21H2,1-2H3,(H,40,49)/t26?,28-,29+,32?,34+,35+/m0/s1. The van der Waals surface area contributed by atoms with E-state index in [1.807, 2.05) is 13.0 Å². The summed E-state index contributed by atoms with van der Waals surface area (Å²) in [6.07, 6.45) is -3.91. The van der Waals surface area contributed by atoms with Gasteiger partial charge < -0.3 is 54.1 Å². The first-order valence-corrected chi connectivity index (χ1v) is 18.6. The Balaban J connectivity index is 0.982. The maximum atomic E-state index is 13.2. The molecule has 2 aromatic carbocycles. The fourth-order valence-electron chi connectivity index (χ4n) is 7.35. The first-order chi connectivity index (χ1) is 26.3. The summed E-state index contributed by atoms with van der Waals surface area (Å²) < 4.78 is 21.7. The van der Waals surface area contributed by atoms with Crippen molar-refractivity contribution in [3.05, 3.63) is 81.3 Å². The number of anilines is 1. The highest BCUT2D eigenvalue weighted by Crippen LogP contribution is 2.43. The lowest BCUT2D eigenvalue weighted by atomic mass is 9.77. The molecule has 0 bridgehead atoms. The average Bonchev–Trinajstić information content (AvgIpc) is 3.70. The minimum Gasteiger partial charge on any atom is -0.494 e. The number of hydrogen-bond donors (Lipinski definition) is 6. The van der Waals surface area contributed by atoms with E-state index in [-0.39, 0.29) is 28.9 Å². The third-order valence-electron chi connectivity index (χ3n) is 10.9. The van der Waals surface area contributed by atoms with Crippen molar-refractivity contribution in [3.8, 4) is 5.75 Å². The normalized spacial score (nSPS) is 21.6. The molecule has 6 rings (SSSR count). The van der Waals surface area contributed by atoms with Gasteiger partial charge in [-0.3, -0.25) is 14.5 Å². The summed E-state index contributed by atoms with van der Waals surface area (Å²) in [4.78, 5) is 54.3. The summed E-state index contributed by atoms with van der Waals surface area (Å²) >= 11 is 0. The summed E-state index contributed by atoms with van der Waals surface area (Å²) in [7, 11) is 0. The SMILES string of the molecule is CCOc1cc(C(=O)OC2CC2Cc2oc(=O)oc2C)ccc1CN1CCC2(CC1)CC(=O)N(c1ccc(C(=O)NC[C@H](O)[C@@H](O)[C@H](O)[C@H](O)CO)cc1)C2. The molecular formula is C39H49N3O13. The van der Waals surface area contributed by atoms with Crippen LogP contribution < -0.4 is 20.8 Å². The van der Waals surface area contributed by atoms with Crippen LogP contribution in [-0.4, -0.2) is 118 Å². The molecule has 1 saturated carbocycles. The third kappa shape index (κ3) is 9.45. The molecule has 6 N–H and O–H groups in total. The molecule has 6 atom stereocenters. The van der Waals surface area contributed by atoms with Gasteiger partial charge in [-0.25, -0.2) is 9.59 Å². The molecule has 298 valence electrons. The number of nitrogens with zero attached hydrogens (tertiary/aromatic N) is 2. The van der Waals surface area contributed by atoms with Gasteiger partial charge in [0.05, 0.1) is 24.9 Å². The van der Waals surface area contributed by atoms with E-state index in [9.17, 15) is 39.6 Å². The Kier molecular flexibility index (Phi) is 12.4. The van der Waals surface area contributed by atoms with Gasteiger partial charge in [0.25, 0.3) is 5.91 Å². The minimum absolute atomic E-state index is 0.00759.